The molecule has 1 aromatic carbocycles. The minimum Gasteiger partial charge on any atom is -0.355 e. The Morgan fingerprint density at radius 1 is 1.17 bits per heavy atom. The number of nitrogens with one attached hydrogen (secondary N) is 2. The van der Waals surface area contributed by atoms with Gasteiger partial charge < -0.3 is 10.6 Å². The van der Waals surface area contributed by atoms with Gasteiger partial charge in [-0.1, -0.05) is 43.7 Å². The van der Waals surface area contributed by atoms with Crippen molar-refractivity contribution in [2.24, 2.45) is 0 Å². The fourth-order valence-corrected chi connectivity index (χ4v) is 1.66. The third-order valence-electron chi connectivity index (χ3n) is 2.76. The second-order valence-corrected chi connectivity index (χ2v) is 4.94. The molecule has 0 heterocycles. The van der Waals surface area contributed by atoms with Crippen LogP contribution in [0.3, 0.4) is 0 Å². The number of amides is 1. The summed E-state index contributed by atoms with van der Waals surface area (Å²) in [6, 6.07) is 8.81. The molecule has 100 valence electrons. The number of carbonyl (C=O) groups excluding carboxylic acids is 1. The van der Waals surface area contributed by atoms with Crippen molar-refractivity contribution >= 4 is 5.91 Å². The third-order valence-corrected chi connectivity index (χ3v) is 2.76. The van der Waals surface area contributed by atoms with Crippen LogP contribution in [0, 0.1) is 6.92 Å². The fraction of sp³-hybridized carbons (Fsp3) is 0.533. The van der Waals surface area contributed by atoms with Crippen LogP contribution in [0.25, 0.3) is 0 Å². The Hall–Kier alpha value is -1.35. The van der Waals surface area contributed by atoms with Crippen molar-refractivity contribution in [3.05, 3.63) is 35.4 Å². The van der Waals surface area contributed by atoms with E-state index in [0.29, 0.717) is 19.0 Å². The highest BCUT2D eigenvalue weighted by atomic mass is 16.1. The second kappa shape index (κ2) is 7.88. The SMILES string of the molecule is Cc1ccc(CCC(=O)NCCNC(C)C)cc1. The van der Waals surface area contributed by atoms with E-state index in [9.17, 15) is 4.79 Å². The average molecular weight is 248 g/mol. The minimum absolute atomic E-state index is 0.126. The van der Waals surface area contributed by atoms with E-state index in [0.717, 1.165) is 13.0 Å². The molecule has 2 N–H and O–H groups in total. The normalized spacial score (nSPS) is 10.7. The number of hydrogen-bond acceptors (Lipinski definition) is 2. The fourth-order valence-electron chi connectivity index (χ4n) is 1.66. The number of rotatable bonds is 7. The molecule has 0 spiro atoms. The topological polar surface area (TPSA) is 41.1 Å². The molecule has 0 bridgehead atoms. The van der Waals surface area contributed by atoms with Crippen LogP contribution in [0.5, 0.6) is 0 Å². The average Bonchev–Trinajstić information content (AvgIpc) is 2.34. The number of hydrogen-bond donors (Lipinski definition) is 2. The van der Waals surface area contributed by atoms with Gasteiger partial charge in [-0.25, -0.2) is 0 Å². The first-order valence-corrected chi connectivity index (χ1v) is 6.63. The summed E-state index contributed by atoms with van der Waals surface area (Å²) in [7, 11) is 0. The van der Waals surface area contributed by atoms with Gasteiger partial charge in [0, 0.05) is 25.6 Å². The molecule has 1 amide bonds. The van der Waals surface area contributed by atoms with E-state index >= 15 is 0 Å². The van der Waals surface area contributed by atoms with Gasteiger partial charge in [0.25, 0.3) is 0 Å². The number of aryl methyl sites for hydroxylation is 2. The van der Waals surface area contributed by atoms with Crippen LogP contribution >= 0.6 is 0 Å². The number of benzene rings is 1. The first-order chi connectivity index (χ1) is 8.58. The van der Waals surface area contributed by atoms with E-state index in [1.54, 1.807) is 0 Å². The molecule has 0 unspecified atom stereocenters. The molecule has 3 nitrogen and oxygen atoms in total. The van der Waals surface area contributed by atoms with E-state index in [4.69, 9.17) is 0 Å². The molecule has 0 aliphatic carbocycles. The van der Waals surface area contributed by atoms with Crippen molar-refractivity contribution in [2.45, 2.75) is 39.7 Å². The summed E-state index contributed by atoms with van der Waals surface area (Å²) in [6.07, 6.45) is 1.37. The van der Waals surface area contributed by atoms with Crippen LogP contribution < -0.4 is 10.6 Å². The van der Waals surface area contributed by atoms with Gasteiger partial charge in [-0.15, -0.1) is 0 Å². The van der Waals surface area contributed by atoms with Crippen LogP contribution in [-0.2, 0) is 11.2 Å². The van der Waals surface area contributed by atoms with E-state index in [-0.39, 0.29) is 5.91 Å². The molecule has 0 aromatic heterocycles. The Labute approximate surface area is 110 Å². The highest BCUT2D eigenvalue weighted by Crippen LogP contribution is 2.05. The first kappa shape index (κ1) is 14.7. The quantitative estimate of drug-likeness (QED) is 0.725. The zero-order valence-corrected chi connectivity index (χ0v) is 11.6. The second-order valence-electron chi connectivity index (χ2n) is 4.94. The molecule has 0 aliphatic rings. The molecule has 0 saturated heterocycles. The van der Waals surface area contributed by atoms with Crippen LogP contribution in [0.15, 0.2) is 24.3 Å². The van der Waals surface area contributed by atoms with Crippen molar-refractivity contribution in [3.8, 4) is 0 Å². The predicted octanol–water partition coefficient (Wildman–Crippen LogP) is 2.04. The zero-order chi connectivity index (χ0) is 13.4. The molecule has 0 aliphatic heterocycles. The van der Waals surface area contributed by atoms with Gasteiger partial charge in [0.05, 0.1) is 0 Å². The van der Waals surface area contributed by atoms with Gasteiger partial charge in [0.2, 0.25) is 5.91 Å². The summed E-state index contributed by atoms with van der Waals surface area (Å²) in [6.45, 7) is 7.79. The van der Waals surface area contributed by atoms with Gasteiger partial charge >= 0.3 is 0 Å². The maximum Gasteiger partial charge on any atom is 0.220 e. The molecular formula is C15H24N2O. The Bertz CT molecular complexity index is 357. The van der Waals surface area contributed by atoms with Gasteiger partial charge in [-0.2, -0.15) is 0 Å². The van der Waals surface area contributed by atoms with Crippen LogP contribution in [0.2, 0.25) is 0 Å². The van der Waals surface area contributed by atoms with Gasteiger partial charge in [0.15, 0.2) is 0 Å². The lowest BCUT2D eigenvalue weighted by Gasteiger charge is -2.09. The monoisotopic (exact) mass is 248 g/mol. The first-order valence-electron chi connectivity index (χ1n) is 6.63. The van der Waals surface area contributed by atoms with Crippen LogP contribution in [0.4, 0.5) is 0 Å². The van der Waals surface area contributed by atoms with Gasteiger partial charge in [-0.3, -0.25) is 4.79 Å². The van der Waals surface area contributed by atoms with E-state index < -0.39 is 0 Å². The lowest BCUT2D eigenvalue weighted by Crippen LogP contribution is -2.34. The highest BCUT2D eigenvalue weighted by molar-refractivity contribution is 5.76. The van der Waals surface area contributed by atoms with Crippen molar-refractivity contribution < 1.29 is 4.79 Å². The van der Waals surface area contributed by atoms with Gasteiger partial charge in [0.1, 0.15) is 0 Å². The summed E-state index contributed by atoms with van der Waals surface area (Å²) in [4.78, 5) is 11.6. The molecule has 3 heteroatoms. The van der Waals surface area contributed by atoms with Crippen molar-refractivity contribution in [2.75, 3.05) is 13.1 Å². The van der Waals surface area contributed by atoms with Crippen LogP contribution in [-0.4, -0.2) is 25.0 Å². The molecule has 0 saturated carbocycles. The minimum atomic E-state index is 0.126. The summed E-state index contributed by atoms with van der Waals surface area (Å²) >= 11 is 0. The summed E-state index contributed by atoms with van der Waals surface area (Å²) in [5, 5.41) is 6.18. The smallest absolute Gasteiger partial charge is 0.220 e. The maximum absolute atomic E-state index is 11.6. The molecule has 0 fully saturated rings. The Morgan fingerprint density at radius 3 is 2.44 bits per heavy atom. The van der Waals surface area contributed by atoms with E-state index in [2.05, 4.69) is 55.7 Å². The van der Waals surface area contributed by atoms with Crippen molar-refractivity contribution in [1.29, 1.82) is 0 Å². The van der Waals surface area contributed by atoms with Crippen molar-refractivity contribution in [1.82, 2.24) is 10.6 Å². The molecule has 18 heavy (non-hydrogen) atoms. The molecule has 0 atom stereocenters. The summed E-state index contributed by atoms with van der Waals surface area (Å²) in [5.41, 5.74) is 2.47. The standard InChI is InChI=1S/C15H24N2O/c1-12(2)16-10-11-17-15(18)9-8-14-6-4-13(3)5-7-14/h4-7,12,16H,8-11H2,1-3H3,(H,17,18). The maximum atomic E-state index is 11.6. The molecule has 0 radical (unpaired) electrons. The van der Waals surface area contributed by atoms with E-state index in [1.807, 2.05) is 0 Å². The van der Waals surface area contributed by atoms with Gasteiger partial charge in [-0.05, 0) is 18.9 Å². The molecule has 1 rings (SSSR count). The van der Waals surface area contributed by atoms with Crippen LogP contribution in [0.1, 0.15) is 31.4 Å². The molecular weight excluding hydrogens is 224 g/mol. The highest BCUT2D eigenvalue weighted by Gasteiger charge is 2.01. The summed E-state index contributed by atoms with van der Waals surface area (Å²) < 4.78 is 0. The lowest BCUT2D eigenvalue weighted by atomic mass is 10.1. The third kappa shape index (κ3) is 6.40. The Kier molecular flexibility index (Phi) is 6.44. The lowest BCUT2D eigenvalue weighted by molar-refractivity contribution is -0.121. The van der Waals surface area contributed by atoms with E-state index in [1.165, 1.54) is 11.1 Å². The summed E-state index contributed by atoms with van der Waals surface area (Å²) in [5.74, 6) is 0.126. The molecule has 1 aromatic rings. The number of carbonyl (C=O) groups is 1. The largest absolute Gasteiger partial charge is 0.355 e. The Morgan fingerprint density at radius 2 is 1.83 bits per heavy atom. The zero-order valence-electron chi connectivity index (χ0n) is 11.6. The van der Waals surface area contributed by atoms with Crippen molar-refractivity contribution in [3.63, 3.8) is 0 Å². The predicted molar refractivity (Wildman–Crippen MR) is 75.6 cm³/mol. The Balaban J connectivity index is 2.15.